The van der Waals surface area contributed by atoms with Gasteiger partial charge in [0.15, 0.2) is 0 Å². The number of benzene rings is 10. The first-order valence-corrected chi connectivity index (χ1v) is 19.1. The Bertz CT molecular complexity index is 2990. The largest absolute Gasteiger partial charge is 0.307 e. The Balaban J connectivity index is 1.18. The molecule has 10 aromatic rings. The van der Waals surface area contributed by atoms with Crippen molar-refractivity contribution in [3.8, 4) is 22.3 Å². The van der Waals surface area contributed by atoms with Crippen molar-refractivity contribution in [1.82, 2.24) is 0 Å². The minimum Gasteiger partial charge on any atom is -0.307 e. The van der Waals surface area contributed by atoms with Crippen LogP contribution in [0.2, 0.25) is 0 Å². The van der Waals surface area contributed by atoms with E-state index in [0.29, 0.717) is 33.9 Å². The lowest BCUT2D eigenvalue weighted by Gasteiger charge is -2.30. The molecule has 0 atom stereocenters. The number of hydrogen-bond acceptors (Lipinski definition) is 2. The summed E-state index contributed by atoms with van der Waals surface area (Å²) in [4.78, 5) is 3.35. The highest BCUT2D eigenvalue weighted by Gasteiger charge is 2.26. The molecule has 10 rings (SSSR count). The van der Waals surface area contributed by atoms with E-state index in [-0.39, 0.29) is 22.5 Å². The molecule has 0 aromatic heterocycles. The number of anilines is 6. The Hall–Kier alpha value is -7.58. The van der Waals surface area contributed by atoms with E-state index in [1.54, 1.807) is 9.80 Å². The zero-order chi connectivity index (χ0) is 41.1. The van der Waals surface area contributed by atoms with Gasteiger partial charge in [0, 0.05) is 45.4 Å². The van der Waals surface area contributed by atoms with Crippen molar-refractivity contribution < 1.29 is 26.3 Å². The van der Waals surface area contributed by atoms with Gasteiger partial charge in [-0.05, 0) is 105 Å². The third-order valence-corrected chi connectivity index (χ3v) is 11.0. The molecule has 10 aromatic carbocycles. The van der Waals surface area contributed by atoms with E-state index < -0.39 is 34.9 Å². The second-order valence-corrected chi connectivity index (χ2v) is 14.5. The molecule has 0 saturated carbocycles. The third kappa shape index (κ3) is 6.25. The normalized spacial score (nSPS) is 11.5. The molecule has 0 fully saturated rings. The first-order valence-electron chi connectivity index (χ1n) is 19.1. The van der Waals surface area contributed by atoms with E-state index in [1.807, 2.05) is 109 Å². The molecule has 0 bridgehead atoms. The molecule has 0 unspecified atom stereocenters. The Morgan fingerprint density at radius 2 is 0.667 bits per heavy atom. The van der Waals surface area contributed by atoms with Crippen molar-refractivity contribution in [3.63, 3.8) is 0 Å². The van der Waals surface area contributed by atoms with Crippen LogP contribution >= 0.6 is 0 Å². The molecule has 0 amide bonds. The van der Waals surface area contributed by atoms with Crippen LogP contribution in [0.1, 0.15) is 0 Å². The fourth-order valence-electron chi connectivity index (χ4n) is 8.25. The zero-order valence-corrected chi connectivity index (χ0v) is 31.5. The van der Waals surface area contributed by atoms with Gasteiger partial charge in [0.05, 0.1) is 22.7 Å². The Morgan fingerprint density at radius 1 is 0.300 bits per heavy atom. The van der Waals surface area contributed by atoms with Gasteiger partial charge >= 0.3 is 0 Å². The Kier molecular flexibility index (Phi) is 8.98. The smallest absolute Gasteiger partial charge is 0.148 e. The lowest BCUT2D eigenvalue weighted by molar-refractivity contribution is 0.604. The second kappa shape index (κ2) is 14.7. The van der Waals surface area contributed by atoms with Crippen LogP contribution in [0.3, 0.4) is 0 Å². The number of hydrogen-bond donors (Lipinski definition) is 0. The average Bonchev–Trinajstić information content (AvgIpc) is 3.27. The minimum absolute atomic E-state index is 0.00319. The standard InChI is InChI=1S/C52H30F6N2/c53-35-19-11-31(12-20-35)41-27-45(57)49(29-43(41)55)59(37-7-3-1-4-8-37)47-25-17-33-16-24-40-48(26-18-34-15-23-39(47)51(33)52(34)40)60(38-9-5-2-6-10-38)50-30-44(56)42(28-46(50)58)32-13-21-36(54)22-14-32/h1-30H. The summed E-state index contributed by atoms with van der Waals surface area (Å²) in [5, 5.41) is 4.90. The van der Waals surface area contributed by atoms with Crippen LogP contribution in [0.4, 0.5) is 60.5 Å². The van der Waals surface area contributed by atoms with Crippen LogP contribution in [0, 0.1) is 34.9 Å². The highest BCUT2D eigenvalue weighted by Crippen LogP contribution is 2.49. The molecule has 0 aliphatic carbocycles. The molecule has 0 spiro atoms. The van der Waals surface area contributed by atoms with Crippen LogP contribution in [0.25, 0.3) is 54.6 Å². The van der Waals surface area contributed by atoms with Crippen molar-refractivity contribution in [2.75, 3.05) is 9.80 Å². The maximum absolute atomic E-state index is 16.5. The maximum Gasteiger partial charge on any atom is 0.148 e. The van der Waals surface area contributed by atoms with Gasteiger partial charge in [-0.15, -0.1) is 0 Å². The summed E-state index contributed by atoms with van der Waals surface area (Å²) in [5.74, 6) is -3.72. The monoisotopic (exact) mass is 796 g/mol. The van der Waals surface area contributed by atoms with E-state index in [1.165, 1.54) is 48.5 Å². The molecule has 0 heterocycles. The molecule has 0 aliphatic rings. The highest BCUT2D eigenvalue weighted by atomic mass is 19.1. The summed E-state index contributed by atoms with van der Waals surface area (Å²) in [6.07, 6.45) is 0. The van der Waals surface area contributed by atoms with E-state index in [9.17, 15) is 8.78 Å². The summed E-state index contributed by atoms with van der Waals surface area (Å²) in [5.41, 5.74) is 2.91. The topological polar surface area (TPSA) is 6.48 Å². The van der Waals surface area contributed by atoms with E-state index in [4.69, 9.17) is 0 Å². The molecular formula is C52H30F6N2. The first kappa shape index (κ1) is 36.7. The second-order valence-electron chi connectivity index (χ2n) is 14.5. The highest BCUT2D eigenvalue weighted by molar-refractivity contribution is 6.28. The van der Waals surface area contributed by atoms with Gasteiger partial charge in [-0.25, -0.2) is 26.3 Å². The van der Waals surface area contributed by atoms with E-state index >= 15 is 17.6 Å². The van der Waals surface area contributed by atoms with Gasteiger partial charge in [-0.1, -0.05) is 97.1 Å². The summed E-state index contributed by atoms with van der Waals surface area (Å²) in [6.45, 7) is 0. The predicted molar refractivity (Wildman–Crippen MR) is 230 cm³/mol. The van der Waals surface area contributed by atoms with E-state index in [0.717, 1.165) is 56.6 Å². The van der Waals surface area contributed by atoms with Gasteiger partial charge in [0.1, 0.15) is 34.9 Å². The lowest BCUT2D eigenvalue weighted by atomic mass is 9.91. The third-order valence-electron chi connectivity index (χ3n) is 11.0. The molecular weight excluding hydrogens is 767 g/mol. The number of nitrogens with zero attached hydrogens (tertiary/aromatic N) is 2. The van der Waals surface area contributed by atoms with Crippen molar-refractivity contribution in [2.45, 2.75) is 0 Å². The first-order chi connectivity index (χ1) is 29.2. The fraction of sp³-hybridized carbons (Fsp3) is 0. The quantitative estimate of drug-likeness (QED) is 0.112. The maximum atomic E-state index is 16.5. The van der Waals surface area contributed by atoms with Crippen molar-refractivity contribution in [1.29, 1.82) is 0 Å². The van der Waals surface area contributed by atoms with E-state index in [2.05, 4.69) is 0 Å². The SMILES string of the molecule is Fc1ccc(-c2cc(F)c(N(c3ccccc3)c3ccc4ccc5c(N(c6ccccc6)c6cc(F)c(-c7ccc(F)cc7)cc6F)ccc6ccc3c4c65)cc2F)cc1. The molecule has 0 saturated heterocycles. The van der Waals surface area contributed by atoms with Crippen molar-refractivity contribution >= 4 is 66.4 Å². The van der Waals surface area contributed by atoms with Crippen LogP contribution in [-0.2, 0) is 0 Å². The minimum atomic E-state index is -0.689. The van der Waals surface area contributed by atoms with Crippen LogP contribution in [0.15, 0.2) is 182 Å². The van der Waals surface area contributed by atoms with Gasteiger partial charge in [0.25, 0.3) is 0 Å². The lowest BCUT2D eigenvalue weighted by Crippen LogP contribution is -2.14. The van der Waals surface area contributed by atoms with Gasteiger partial charge in [-0.3, -0.25) is 0 Å². The summed E-state index contributed by atoms with van der Waals surface area (Å²) >= 11 is 0. The molecule has 0 aliphatic heterocycles. The van der Waals surface area contributed by atoms with Gasteiger partial charge in [0.2, 0.25) is 0 Å². The summed E-state index contributed by atoms with van der Waals surface area (Å²) in [6, 6.07) is 48.6. The van der Waals surface area contributed by atoms with Crippen molar-refractivity contribution in [3.05, 3.63) is 217 Å². The molecule has 2 nitrogen and oxygen atoms in total. The van der Waals surface area contributed by atoms with Crippen molar-refractivity contribution in [2.24, 2.45) is 0 Å². The fourth-order valence-corrected chi connectivity index (χ4v) is 8.25. The molecule has 290 valence electrons. The molecule has 0 N–H and O–H groups in total. The molecule has 0 radical (unpaired) electrons. The Labute approximate surface area is 340 Å². The number of para-hydroxylation sites is 2. The summed E-state index contributed by atoms with van der Waals surface area (Å²) in [7, 11) is 0. The van der Waals surface area contributed by atoms with Crippen LogP contribution < -0.4 is 9.80 Å². The number of halogens is 6. The zero-order valence-electron chi connectivity index (χ0n) is 31.5. The Morgan fingerprint density at radius 3 is 1.05 bits per heavy atom. The predicted octanol–water partition coefficient (Wildman–Crippen LogP) is 15.7. The van der Waals surface area contributed by atoms with Crippen LogP contribution in [-0.4, -0.2) is 0 Å². The van der Waals surface area contributed by atoms with Crippen LogP contribution in [0.5, 0.6) is 0 Å². The number of rotatable bonds is 8. The average molecular weight is 797 g/mol. The molecule has 60 heavy (non-hydrogen) atoms. The summed E-state index contributed by atoms with van der Waals surface area (Å²) < 4.78 is 92.6. The van der Waals surface area contributed by atoms with Gasteiger partial charge < -0.3 is 9.80 Å². The molecule has 8 heteroatoms. The van der Waals surface area contributed by atoms with Gasteiger partial charge in [-0.2, -0.15) is 0 Å².